The molecule has 1 aliphatic rings. The third kappa shape index (κ3) is 4.93. The van der Waals surface area contributed by atoms with Crippen LogP contribution in [0, 0.1) is 0 Å². The van der Waals surface area contributed by atoms with Crippen molar-refractivity contribution in [1.82, 2.24) is 4.90 Å². The highest BCUT2D eigenvalue weighted by molar-refractivity contribution is 6.04. The smallest absolute Gasteiger partial charge is 0.322 e. The molecule has 2 aromatic rings. The fourth-order valence-electron chi connectivity index (χ4n) is 4.06. The Morgan fingerprint density at radius 2 is 1.86 bits per heavy atom. The first-order valence-corrected chi connectivity index (χ1v) is 9.34. The van der Waals surface area contributed by atoms with Gasteiger partial charge in [-0.1, -0.05) is 32.9 Å². The molecule has 1 aliphatic heterocycles. The summed E-state index contributed by atoms with van der Waals surface area (Å²) in [4.78, 5) is 14.8. The summed E-state index contributed by atoms with van der Waals surface area (Å²) in [5, 5.41) is 2.74. The first-order valence-electron chi connectivity index (χ1n) is 9.34. The Morgan fingerprint density at radius 3 is 2.48 bits per heavy atom. The van der Waals surface area contributed by atoms with Crippen molar-refractivity contribution in [2.24, 2.45) is 0 Å². The van der Waals surface area contributed by atoms with E-state index in [1.165, 1.54) is 17.7 Å². The van der Waals surface area contributed by atoms with Crippen molar-refractivity contribution in [3.63, 3.8) is 0 Å². The second-order valence-electron chi connectivity index (χ2n) is 8.11. The first-order chi connectivity index (χ1) is 13.0. The van der Waals surface area contributed by atoms with Crippen LogP contribution in [0.1, 0.15) is 53.4 Å². The van der Waals surface area contributed by atoms with Gasteiger partial charge in [-0.05, 0) is 54.4 Å². The van der Waals surface area contributed by atoms with Gasteiger partial charge >= 0.3 is 6.18 Å². The first kappa shape index (κ1) is 23.2. The van der Waals surface area contributed by atoms with E-state index in [4.69, 9.17) is 0 Å². The Balaban J connectivity index is 0.00000300. The molecule has 2 aromatic carbocycles. The number of likely N-dealkylation sites (N-methyl/N-ethyl adjacent to an activating group) is 1. The molecule has 3 rings (SSSR count). The van der Waals surface area contributed by atoms with Gasteiger partial charge < -0.3 is 10.2 Å². The van der Waals surface area contributed by atoms with E-state index < -0.39 is 17.6 Å². The summed E-state index contributed by atoms with van der Waals surface area (Å²) in [5.41, 5.74) is 2.37. The summed E-state index contributed by atoms with van der Waals surface area (Å²) in [6.45, 7) is 7.72. The van der Waals surface area contributed by atoms with Crippen molar-refractivity contribution >= 4 is 24.0 Å². The molecule has 0 atom stereocenters. The van der Waals surface area contributed by atoms with E-state index in [0.29, 0.717) is 5.69 Å². The van der Waals surface area contributed by atoms with Crippen LogP contribution in [0.3, 0.4) is 0 Å². The van der Waals surface area contributed by atoms with E-state index >= 15 is 0 Å². The molecule has 0 fully saturated rings. The molecule has 1 heterocycles. The number of anilines is 1. The van der Waals surface area contributed by atoms with Gasteiger partial charge in [-0.3, -0.25) is 4.79 Å². The summed E-state index contributed by atoms with van der Waals surface area (Å²) in [6, 6.07) is 9.48. The van der Waals surface area contributed by atoms with E-state index in [1.807, 2.05) is 25.2 Å². The molecule has 0 bridgehead atoms. The summed E-state index contributed by atoms with van der Waals surface area (Å²) >= 11 is 0. The second-order valence-corrected chi connectivity index (χ2v) is 8.11. The molecule has 0 saturated carbocycles. The van der Waals surface area contributed by atoms with Gasteiger partial charge in [0.25, 0.3) is 5.91 Å². The third-order valence-electron chi connectivity index (χ3n) is 5.26. The molecule has 3 nitrogen and oxygen atoms in total. The number of hydrogen-bond acceptors (Lipinski definition) is 2. The molecule has 0 spiro atoms. The van der Waals surface area contributed by atoms with Crippen LogP contribution >= 0.6 is 12.4 Å². The minimum Gasteiger partial charge on any atom is -0.322 e. The number of alkyl halides is 3. The van der Waals surface area contributed by atoms with Crippen LogP contribution in [0.15, 0.2) is 36.4 Å². The maximum atomic E-state index is 13.3. The summed E-state index contributed by atoms with van der Waals surface area (Å²) < 4.78 is 39.8. The van der Waals surface area contributed by atoms with Crippen molar-refractivity contribution in [3.8, 4) is 0 Å². The zero-order valence-electron chi connectivity index (χ0n) is 17.0. The number of amides is 1. The maximum Gasteiger partial charge on any atom is 0.416 e. The zero-order valence-corrected chi connectivity index (χ0v) is 17.8. The largest absolute Gasteiger partial charge is 0.416 e. The van der Waals surface area contributed by atoms with Crippen molar-refractivity contribution in [2.45, 2.75) is 45.3 Å². The molecule has 0 saturated heterocycles. The number of fused-ring (bicyclic) bond motifs is 1. The lowest BCUT2D eigenvalue weighted by Gasteiger charge is -2.38. The van der Waals surface area contributed by atoms with E-state index in [1.54, 1.807) is 6.92 Å². The standard InChI is InChI=1S/C22H25F3N2O.ClH/c1-5-14-6-7-15(11-19(14)22(23,24)25)20(28)26-17-8-9-18-16(10-17)12-27(4)13-21(18,2)3;/h6-11H,5,12-13H2,1-4H3,(H,26,28);1H. The van der Waals surface area contributed by atoms with Crippen LogP contribution in [-0.2, 0) is 24.6 Å². The zero-order chi connectivity index (χ0) is 20.7. The van der Waals surface area contributed by atoms with Crippen molar-refractivity contribution in [3.05, 3.63) is 64.2 Å². The fraction of sp³-hybridized carbons (Fsp3) is 0.409. The number of halogens is 4. The topological polar surface area (TPSA) is 32.3 Å². The number of carbonyl (C=O) groups excluding carboxylic acids is 1. The average molecular weight is 427 g/mol. The number of aryl methyl sites for hydroxylation is 1. The SMILES string of the molecule is CCc1ccc(C(=O)Nc2ccc3c(c2)CN(C)CC3(C)C)cc1C(F)(F)F.Cl. The van der Waals surface area contributed by atoms with E-state index in [9.17, 15) is 18.0 Å². The molecule has 0 aliphatic carbocycles. The van der Waals surface area contributed by atoms with Crippen LogP contribution in [0.25, 0.3) is 0 Å². The van der Waals surface area contributed by atoms with Crippen molar-refractivity contribution < 1.29 is 18.0 Å². The summed E-state index contributed by atoms with van der Waals surface area (Å²) in [5.74, 6) is -0.545. The molecule has 0 aromatic heterocycles. The number of hydrogen-bond donors (Lipinski definition) is 1. The number of nitrogens with zero attached hydrogens (tertiary/aromatic N) is 1. The van der Waals surface area contributed by atoms with Gasteiger partial charge in [0.15, 0.2) is 0 Å². The lowest BCUT2D eigenvalue weighted by molar-refractivity contribution is -0.138. The van der Waals surface area contributed by atoms with Gasteiger partial charge in [0.05, 0.1) is 5.56 Å². The van der Waals surface area contributed by atoms with Gasteiger partial charge in [0, 0.05) is 29.8 Å². The van der Waals surface area contributed by atoms with Crippen LogP contribution in [0.2, 0.25) is 0 Å². The lowest BCUT2D eigenvalue weighted by Crippen LogP contribution is -2.39. The van der Waals surface area contributed by atoms with Crippen LogP contribution in [-0.4, -0.2) is 24.4 Å². The van der Waals surface area contributed by atoms with Crippen LogP contribution < -0.4 is 5.32 Å². The monoisotopic (exact) mass is 426 g/mol. The number of carbonyl (C=O) groups is 1. The average Bonchev–Trinajstić information content (AvgIpc) is 2.59. The third-order valence-corrected chi connectivity index (χ3v) is 5.26. The number of rotatable bonds is 3. The normalized spacial score (nSPS) is 16.0. The molecule has 0 unspecified atom stereocenters. The summed E-state index contributed by atoms with van der Waals surface area (Å²) in [7, 11) is 2.05. The van der Waals surface area contributed by atoms with E-state index in [0.717, 1.165) is 24.7 Å². The Kier molecular flexibility index (Phi) is 6.70. The van der Waals surface area contributed by atoms with Crippen molar-refractivity contribution in [2.75, 3.05) is 18.9 Å². The van der Waals surface area contributed by atoms with Gasteiger partial charge in [-0.2, -0.15) is 13.2 Å². The molecular weight excluding hydrogens is 401 g/mol. The quantitative estimate of drug-likeness (QED) is 0.686. The number of nitrogens with one attached hydrogen (secondary N) is 1. The van der Waals surface area contributed by atoms with Crippen LogP contribution in [0.5, 0.6) is 0 Å². The number of benzene rings is 2. The van der Waals surface area contributed by atoms with Gasteiger partial charge in [-0.15, -0.1) is 12.4 Å². The molecule has 0 radical (unpaired) electrons. The van der Waals surface area contributed by atoms with Crippen molar-refractivity contribution in [1.29, 1.82) is 0 Å². The molecular formula is C22H26ClF3N2O. The molecule has 7 heteroatoms. The molecule has 29 heavy (non-hydrogen) atoms. The predicted octanol–water partition coefficient (Wildman–Crippen LogP) is 5.66. The molecule has 158 valence electrons. The Labute approximate surface area is 175 Å². The van der Waals surface area contributed by atoms with Gasteiger partial charge in [0.1, 0.15) is 0 Å². The Hall–Kier alpha value is -2.05. The predicted molar refractivity (Wildman–Crippen MR) is 112 cm³/mol. The van der Waals surface area contributed by atoms with Gasteiger partial charge in [0.2, 0.25) is 0 Å². The van der Waals surface area contributed by atoms with Gasteiger partial charge in [-0.25, -0.2) is 0 Å². The lowest BCUT2D eigenvalue weighted by atomic mass is 9.78. The Bertz CT molecular complexity index is 909. The second kappa shape index (κ2) is 8.36. The Morgan fingerprint density at radius 1 is 1.17 bits per heavy atom. The van der Waals surface area contributed by atoms with Crippen LogP contribution in [0.4, 0.5) is 18.9 Å². The highest BCUT2D eigenvalue weighted by Gasteiger charge is 2.34. The maximum absolute atomic E-state index is 13.3. The molecule has 1 amide bonds. The highest BCUT2D eigenvalue weighted by Crippen LogP contribution is 2.35. The minimum atomic E-state index is -4.48. The van der Waals surface area contributed by atoms with E-state index in [-0.39, 0.29) is 35.4 Å². The minimum absolute atomic E-state index is 0. The molecule has 1 N–H and O–H groups in total. The fourth-order valence-corrected chi connectivity index (χ4v) is 4.06. The summed E-state index contributed by atoms with van der Waals surface area (Å²) in [6.07, 6.45) is -4.23. The highest BCUT2D eigenvalue weighted by atomic mass is 35.5. The van der Waals surface area contributed by atoms with E-state index in [2.05, 4.69) is 24.1 Å².